The summed E-state index contributed by atoms with van der Waals surface area (Å²) >= 11 is 0. The van der Waals surface area contributed by atoms with Crippen molar-refractivity contribution < 1.29 is 24.2 Å². The van der Waals surface area contributed by atoms with Gasteiger partial charge in [-0.3, -0.25) is 4.79 Å². The number of ether oxygens (including phenoxy) is 2. The second kappa shape index (κ2) is 6.78. The molecule has 0 fully saturated rings. The lowest BCUT2D eigenvalue weighted by Gasteiger charge is -2.17. The number of benzene rings is 1. The van der Waals surface area contributed by atoms with Gasteiger partial charge in [-0.05, 0) is 31.5 Å². The number of ketones is 1. The molecule has 0 saturated heterocycles. The van der Waals surface area contributed by atoms with E-state index in [1.807, 2.05) is 6.92 Å². The third-order valence-electron chi connectivity index (χ3n) is 2.67. The van der Waals surface area contributed by atoms with Gasteiger partial charge in [0, 0.05) is 5.56 Å². The molecule has 0 aliphatic carbocycles. The Bertz CT molecular complexity index is 467. The fourth-order valence-electron chi connectivity index (χ4n) is 1.63. The molecule has 1 unspecified atom stereocenters. The Morgan fingerprint density at radius 3 is 2.47 bits per heavy atom. The van der Waals surface area contributed by atoms with E-state index in [0.717, 1.165) is 0 Å². The van der Waals surface area contributed by atoms with E-state index in [4.69, 9.17) is 14.6 Å². The summed E-state index contributed by atoms with van der Waals surface area (Å²) in [7, 11) is 1.45. The van der Waals surface area contributed by atoms with Gasteiger partial charge in [0.05, 0.1) is 7.11 Å². The minimum Gasteiger partial charge on any atom is -0.493 e. The van der Waals surface area contributed by atoms with Crippen molar-refractivity contribution in [2.45, 2.75) is 32.8 Å². The number of methoxy groups -OCH3 is 1. The number of hydrogen-bond donors (Lipinski definition) is 1. The highest BCUT2D eigenvalue weighted by Gasteiger charge is 2.20. The molecule has 0 aromatic heterocycles. The molecule has 0 aliphatic rings. The van der Waals surface area contributed by atoms with E-state index in [1.54, 1.807) is 18.2 Å². The molecule has 0 bridgehead atoms. The number of carbonyl (C=O) groups is 2. The van der Waals surface area contributed by atoms with E-state index < -0.39 is 12.1 Å². The van der Waals surface area contributed by atoms with Gasteiger partial charge in [0.25, 0.3) is 0 Å². The first kappa shape index (κ1) is 15.0. The third-order valence-corrected chi connectivity index (χ3v) is 2.67. The summed E-state index contributed by atoms with van der Waals surface area (Å²) in [5.74, 6) is -0.420. The summed E-state index contributed by atoms with van der Waals surface area (Å²) in [6, 6.07) is 4.69. The summed E-state index contributed by atoms with van der Waals surface area (Å²) in [5.41, 5.74) is 0.492. The van der Waals surface area contributed by atoms with E-state index >= 15 is 0 Å². The first-order valence-electron chi connectivity index (χ1n) is 6.08. The first-order valence-corrected chi connectivity index (χ1v) is 6.08. The highest BCUT2D eigenvalue weighted by molar-refractivity contribution is 5.94. The molecule has 1 aromatic carbocycles. The minimum absolute atomic E-state index is 0.0896. The summed E-state index contributed by atoms with van der Waals surface area (Å²) in [5, 5.41) is 9.05. The Balaban J connectivity index is 2.99. The number of Topliss-reactive ketones (excluding diaryl/α,β-unsaturated/α-hetero) is 1. The SMILES string of the molecule is CCCC(Oc1ccc(C(C)=O)cc1OC)C(=O)O. The molecule has 1 N–H and O–H groups in total. The van der Waals surface area contributed by atoms with E-state index in [-0.39, 0.29) is 5.78 Å². The van der Waals surface area contributed by atoms with Gasteiger partial charge in [0.1, 0.15) is 0 Å². The molecule has 1 atom stereocenters. The van der Waals surface area contributed by atoms with Crippen LogP contribution in [0.25, 0.3) is 0 Å². The Labute approximate surface area is 112 Å². The van der Waals surface area contributed by atoms with E-state index in [2.05, 4.69) is 0 Å². The summed E-state index contributed by atoms with van der Waals surface area (Å²) < 4.78 is 10.6. The van der Waals surface area contributed by atoms with Crippen LogP contribution in [0.3, 0.4) is 0 Å². The topological polar surface area (TPSA) is 72.8 Å². The van der Waals surface area contributed by atoms with Crippen molar-refractivity contribution in [2.24, 2.45) is 0 Å². The number of carbonyl (C=O) groups excluding carboxylic acids is 1. The van der Waals surface area contributed by atoms with Crippen LogP contribution in [0.5, 0.6) is 11.5 Å². The lowest BCUT2D eigenvalue weighted by molar-refractivity contribution is -0.145. The van der Waals surface area contributed by atoms with Gasteiger partial charge in [-0.25, -0.2) is 4.79 Å². The van der Waals surface area contributed by atoms with Gasteiger partial charge in [-0.1, -0.05) is 13.3 Å². The van der Waals surface area contributed by atoms with Crippen LogP contribution in [0.2, 0.25) is 0 Å². The van der Waals surface area contributed by atoms with Crippen molar-refractivity contribution in [1.82, 2.24) is 0 Å². The zero-order valence-corrected chi connectivity index (χ0v) is 11.3. The smallest absolute Gasteiger partial charge is 0.344 e. The Morgan fingerprint density at radius 1 is 1.32 bits per heavy atom. The van der Waals surface area contributed by atoms with Crippen LogP contribution in [-0.4, -0.2) is 30.1 Å². The lowest BCUT2D eigenvalue weighted by atomic mass is 10.1. The van der Waals surface area contributed by atoms with Crippen LogP contribution in [0.1, 0.15) is 37.0 Å². The number of hydrogen-bond acceptors (Lipinski definition) is 4. The van der Waals surface area contributed by atoms with Gasteiger partial charge >= 0.3 is 5.97 Å². The molecule has 1 rings (SSSR count). The predicted octanol–water partition coefficient (Wildman–Crippen LogP) is 2.53. The number of aliphatic carboxylic acids is 1. The molecule has 0 heterocycles. The van der Waals surface area contributed by atoms with Gasteiger partial charge in [-0.2, -0.15) is 0 Å². The van der Waals surface area contributed by atoms with Crippen LogP contribution in [0.15, 0.2) is 18.2 Å². The predicted molar refractivity (Wildman–Crippen MR) is 70.0 cm³/mol. The maximum absolute atomic E-state index is 11.3. The molecule has 0 radical (unpaired) electrons. The zero-order chi connectivity index (χ0) is 14.4. The quantitative estimate of drug-likeness (QED) is 0.768. The second-order valence-electron chi connectivity index (χ2n) is 4.16. The van der Waals surface area contributed by atoms with Crippen molar-refractivity contribution in [1.29, 1.82) is 0 Å². The average molecular weight is 266 g/mol. The van der Waals surface area contributed by atoms with Crippen LogP contribution >= 0.6 is 0 Å². The van der Waals surface area contributed by atoms with Crippen molar-refractivity contribution in [3.05, 3.63) is 23.8 Å². The highest BCUT2D eigenvalue weighted by Crippen LogP contribution is 2.29. The summed E-state index contributed by atoms with van der Waals surface area (Å²) in [6.45, 7) is 3.34. The Hall–Kier alpha value is -2.04. The largest absolute Gasteiger partial charge is 0.493 e. The summed E-state index contributed by atoms with van der Waals surface area (Å²) in [4.78, 5) is 22.3. The number of rotatable bonds is 7. The third kappa shape index (κ3) is 3.98. The minimum atomic E-state index is -1.01. The standard InChI is InChI=1S/C14H18O5/c1-4-5-12(14(16)17)19-11-7-6-10(9(2)15)8-13(11)18-3/h6-8,12H,4-5H2,1-3H3,(H,16,17). The molecule has 0 spiro atoms. The van der Waals surface area contributed by atoms with Crippen LogP contribution < -0.4 is 9.47 Å². The van der Waals surface area contributed by atoms with E-state index in [0.29, 0.717) is 29.9 Å². The monoisotopic (exact) mass is 266 g/mol. The maximum Gasteiger partial charge on any atom is 0.344 e. The Morgan fingerprint density at radius 2 is 2.00 bits per heavy atom. The molecule has 19 heavy (non-hydrogen) atoms. The number of carboxylic acids is 1. The fraction of sp³-hybridized carbons (Fsp3) is 0.429. The fourth-order valence-corrected chi connectivity index (χ4v) is 1.63. The van der Waals surface area contributed by atoms with Crippen molar-refractivity contribution in [3.63, 3.8) is 0 Å². The van der Waals surface area contributed by atoms with Crippen LogP contribution in [0, 0.1) is 0 Å². The molecule has 104 valence electrons. The highest BCUT2D eigenvalue weighted by atomic mass is 16.5. The molecule has 0 aliphatic heterocycles. The van der Waals surface area contributed by atoms with Crippen molar-refractivity contribution >= 4 is 11.8 Å². The average Bonchev–Trinajstić information content (AvgIpc) is 2.38. The van der Waals surface area contributed by atoms with Crippen LogP contribution in [0.4, 0.5) is 0 Å². The molecule has 1 aromatic rings. The van der Waals surface area contributed by atoms with Gasteiger partial charge in [0.2, 0.25) is 0 Å². The zero-order valence-electron chi connectivity index (χ0n) is 11.3. The lowest BCUT2D eigenvalue weighted by Crippen LogP contribution is -2.26. The molecule has 0 amide bonds. The normalized spacial score (nSPS) is 11.7. The van der Waals surface area contributed by atoms with E-state index in [9.17, 15) is 9.59 Å². The molecule has 5 heteroatoms. The van der Waals surface area contributed by atoms with Crippen molar-refractivity contribution in [2.75, 3.05) is 7.11 Å². The van der Waals surface area contributed by atoms with Crippen LogP contribution in [-0.2, 0) is 4.79 Å². The van der Waals surface area contributed by atoms with E-state index in [1.165, 1.54) is 14.0 Å². The van der Waals surface area contributed by atoms with Gasteiger partial charge < -0.3 is 14.6 Å². The molecular weight excluding hydrogens is 248 g/mol. The van der Waals surface area contributed by atoms with Gasteiger partial charge in [0.15, 0.2) is 23.4 Å². The van der Waals surface area contributed by atoms with Gasteiger partial charge in [-0.15, -0.1) is 0 Å². The summed E-state index contributed by atoms with van der Waals surface area (Å²) in [6.07, 6.45) is 0.194. The molecular formula is C14H18O5. The Kier molecular flexibility index (Phi) is 5.36. The second-order valence-corrected chi connectivity index (χ2v) is 4.16. The molecule has 5 nitrogen and oxygen atoms in total. The number of carboxylic acid groups (broad SMARTS) is 1. The maximum atomic E-state index is 11.3. The molecule has 0 saturated carbocycles. The first-order chi connectivity index (χ1) is 8.99. The van der Waals surface area contributed by atoms with Crippen molar-refractivity contribution in [3.8, 4) is 11.5 Å².